The molecule has 0 unspecified atom stereocenters. The third-order valence-electron chi connectivity index (χ3n) is 1.56. The molecule has 1 amide bonds. The van der Waals surface area contributed by atoms with Crippen LogP contribution >= 0.6 is 0 Å². The lowest BCUT2D eigenvalue weighted by Gasteiger charge is -2.05. The van der Waals surface area contributed by atoms with Gasteiger partial charge < -0.3 is 16.8 Å². The maximum atomic E-state index is 10.4. The van der Waals surface area contributed by atoms with E-state index in [2.05, 4.69) is 5.32 Å². The Morgan fingerprint density at radius 2 is 2.18 bits per heavy atom. The fraction of sp³-hybridized carbons (Fsp3) is 0.857. The molecule has 4 heteroatoms. The number of carbonyl (C=O) groups is 1. The van der Waals surface area contributed by atoms with Crippen molar-refractivity contribution in [1.82, 2.24) is 5.32 Å². The van der Waals surface area contributed by atoms with E-state index in [9.17, 15) is 4.79 Å². The van der Waals surface area contributed by atoms with Crippen LogP contribution in [-0.4, -0.2) is 25.5 Å². The minimum Gasteiger partial charge on any atom is -0.368 e. The predicted molar refractivity (Wildman–Crippen MR) is 44.9 cm³/mol. The van der Waals surface area contributed by atoms with E-state index >= 15 is 0 Å². The van der Waals surface area contributed by atoms with Crippen LogP contribution in [0, 0.1) is 0 Å². The first-order chi connectivity index (χ1) is 5.18. The third kappa shape index (κ3) is 5.82. The zero-order valence-electron chi connectivity index (χ0n) is 6.97. The first-order valence-electron chi connectivity index (χ1n) is 3.88. The number of carbonyl (C=O) groups excluding carboxylic acids is 1. The van der Waals surface area contributed by atoms with E-state index in [1.165, 1.54) is 0 Å². The Balaban J connectivity index is 3.17. The number of amides is 1. The minimum absolute atomic E-state index is 0.408. The summed E-state index contributed by atoms with van der Waals surface area (Å²) in [5.74, 6) is -0.408. The van der Waals surface area contributed by atoms with Crippen LogP contribution in [-0.2, 0) is 4.79 Å². The standard InChI is InChI=1S/C7H17N3O/c1-10-5-3-2-4-6(8)7(9)11/h6,10H,2-5,8H2,1H3,(H2,9,11)/t6-/m1/s1. The van der Waals surface area contributed by atoms with Crippen molar-refractivity contribution in [2.45, 2.75) is 25.3 Å². The van der Waals surface area contributed by atoms with Gasteiger partial charge in [0.15, 0.2) is 0 Å². The molecule has 0 aliphatic carbocycles. The molecule has 0 saturated heterocycles. The van der Waals surface area contributed by atoms with Gasteiger partial charge in [0.25, 0.3) is 0 Å². The van der Waals surface area contributed by atoms with Gasteiger partial charge in [0.05, 0.1) is 6.04 Å². The molecule has 0 rings (SSSR count). The normalized spacial score (nSPS) is 12.9. The summed E-state index contributed by atoms with van der Waals surface area (Å²) in [5.41, 5.74) is 10.4. The lowest BCUT2D eigenvalue weighted by molar-refractivity contribution is -0.119. The van der Waals surface area contributed by atoms with Crippen LogP contribution in [0.4, 0.5) is 0 Å². The van der Waals surface area contributed by atoms with E-state index in [0.717, 1.165) is 19.4 Å². The highest BCUT2D eigenvalue weighted by molar-refractivity contribution is 5.79. The first kappa shape index (κ1) is 10.4. The second-order valence-corrected chi connectivity index (χ2v) is 2.61. The van der Waals surface area contributed by atoms with Gasteiger partial charge in [0.2, 0.25) is 5.91 Å². The molecule has 0 bridgehead atoms. The van der Waals surface area contributed by atoms with Gasteiger partial charge in [-0.2, -0.15) is 0 Å². The average molecular weight is 159 g/mol. The third-order valence-corrected chi connectivity index (χ3v) is 1.56. The van der Waals surface area contributed by atoms with Crippen molar-refractivity contribution in [1.29, 1.82) is 0 Å². The van der Waals surface area contributed by atoms with E-state index < -0.39 is 11.9 Å². The molecule has 1 atom stereocenters. The molecule has 0 aromatic carbocycles. The van der Waals surface area contributed by atoms with Gasteiger partial charge in [-0.15, -0.1) is 0 Å². The Kier molecular flexibility index (Phi) is 5.78. The summed E-state index contributed by atoms with van der Waals surface area (Å²) in [6.45, 7) is 0.964. The molecule has 5 N–H and O–H groups in total. The number of unbranched alkanes of at least 4 members (excludes halogenated alkanes) is 1. The second-order valence-electron chi connectivity index (χ2n) is 2.61. The molecule has 0 aliphatic heterocycles. The van der Waals surface area contributed by atoms with Crippen molar-refractivity contribution in [3.05, 3.63) is 0 Å². The Bertz CT molecular complexity index is 116. The van der Waals surface area contributed by atoms with E-state index in [-0.39, 0.29) is 0 Å². The number of primary amides is 1. The minimum atomic E-state index is -0.466. The fourth-order valence-electron chi connectivity index (χ4n) is 0.808. The smallest absolute Gasteiger partial charge is 0.234 e. The van der Waals surface area contributed by atoms with Gasteiger partial charge in [-0.3, -0.25) is 4.79 Å². The molecule has 0 spiro atoms. The number of rotatable bonds is 6. The fourth-order valence-corrected chi connectivity index (χ4v) is 0.808. The molecule has 0 saturated carbocycles. The van der Waals surface area contributed by atoms with Crippen LogP contribution in [0.15, 0.2) is 0 Å². The summed E-state index contributed by atoms with van der Waals surface area (Å²) < 4.78 is 0. The van der Waals surface area contributed by atoms with Gasteiger partial charge in [-0.25, -0.2) is 0 Å². The maximum Gasteiger partial charge on any atom is 0.234 e. The molecule has 66 valence electrons. The van der Waals surface area contributed by atoms with Crippen LogP contribution in [0.2, 0.25) is 0 Å². The number of hydrogen-bond acceptors (Lipinski definition) is 3. The zero-order valence-corrected chi connectivity index (χ0v) is 6.97. The van der Waals surface area contributed by atoms with Crippen LogP contribution in [0.5, 0.6) is 0 Å². The molecule has 4 nitrogen and oxygen atoms in total. The number of nitrogens with two attached hydrogens (primary N) is 2. The lowest BCUT2D eigenvalue weighted by atomic mass is 10.1. The summed E-state index contributed by atoms with van der Waals surface area (Å²) in [6, 6.07) is -0.466. The Labute approximate surface area is 67.3 Å². The molecule has 0 radical (unpaired) electrons. The van der Waals surface area contributed by atoms with Crippen molar-refractivity contribution in [2.24, 2.45) is 11.5 Å². The van der Waals surface area contributed by atoms with Crippen molar-refractivity contribution < 1.29 is 4.79 Å². The highest BCUT2D eigenvalue weighted by Gasteiger charge is 2.06. The Hall–Kier alpha value is -0.610. The summed E-state index contributed by atoms with van der Waals surface area (Å²) in [4.78, 5) is 10.4. The highest BCUT2D eigenvalue weighted by Crippen LogP contribution is 1.96. The quantitative estimate of drug-likeness (QED) is 0.443. The maximum absolute atomic E-state index is 10.4. The van der Waals surface area contributed by atoms with E-state index in [0.29, 0.717) is 6.42 Å². The molecular formula is C7H17N3O. The van der Waals surface area contributed by atoms with Gasteiger partial charge in [-0.05, 0) is 26.4 Å². The van der Waals surface area contributed by atoms with Crippen LogP contribution < -0.4 is 16.8 Å². The molecular weight excluding hydrogens is 142 g/mol. The van der Waals surface area contributed by atoms with Gasteiger partial charge >= 0.3 is 0 Å². The van der Waals surface area contributed by atoms with E-state index in [4.69, 9.17) is 11.5 Å². The monoisotopic (exact) mass is 159 g/mol. The first-order valence-corrected chi connectivity index (χ1v) is 3.88. The second kappa shape index (κ2) is 6.12. The number of nitrogens with one attached hydrogen (secondary N) is 1. The van der Waals surface area contributed by atoms with Crippen molar-refractivity contribution in [3.63, 3.8) is 0 Å². The highest BCUT2D eigenvalue weighted by atomic mass is 16.1. The Morgan fingerprint density at radius 1 is 1.55 bits per heavy atom. The Morgan fingerprint density at radius 3 is 2.64 bits per heavy atom. The molecule has 0 heterocycles. The van der Waals surface area contributed by atoms with Gasteiger partial charge in [-0.1, -0.05) is 6.42 Å². The van der Waals surface area contributed by atoms with Crippen LogP contribution in [0.1, 0.15) is 19.3 Å². The largest absolute Gasteiger partial charge is 0.368 e. The van der Waals surface area contributed by atoms with Crippen molar-refractivity contribution in [3.8, 4) is 0 Å². The summed E-state index contributed by atoms with van der Waals surface area (Å²) in [7, 11) is 1.90. The van der Waals surface area contributed by atoms with Crippen molar-refractivity contribution >= 4 is 5.91 Å². The molecule has 0 aromatic rings. The van der Waals surface area contributed by atoms with Crippen molar-refractivity contribution in [2.75, 3.05) is 13.6 Å². The SMILES string of the molecule is CNCCCC[C@@H](N)C(N)=O. The summed E-state index contributed by atoms with van der Waals surface area (Å²) in [5, 5.41) is 3.01. The number of hydrogen-bond donors (Lipinski definition) is 3. The summed E-state index contributed by atoms with van der Waals surface area (Å²) >= 11 is 0. The topological polar surface area (TPSA) is 81.1 Å². The average Bonchev–Trinajstić information content (AvgIpc) is 1.97. The van der Waals surface area contributed by atoms with Crippen LogP contribution in [0.25, 0.3) is 0 Å². The van der Waals surface area contributed by atoms with Gasteiger partial charge in [0.1, 0.15) is 0 Å². The summed E-state index contributed by atoms with van der Waals surface area (Å²) in [6.07, 6.45) is 2.68. The van der Waals surface area contributed by atoms with Crippen LogP contribution in [0.3, 0.4) is 0 Å². The van der Waals surface area contributed by atoms with E-state index in [1.807, 2.05) is 7.05 Å². The van der Waals surface area contributed by atoms with E-state index in [1.54, 1.807) is 0 Å². The molecule has 11 heavy (non-hydrogen) atoms. The lowest BCUT2D eigenvalue weighted by Crippen LogP contribution is -2.36. The molecule has 0 fully saturated rings. The molecule has 0 aliphatic rings. The predicted octanol–water partition coefficient (Wildman–Crippen LogP) is -0.811. The van der Waals surface area contributed by atoms with Gasteiger partial charge in [0, 0.05) is 0 Å². The zero-order chi connectivity index (χ0) is 8.69. The molecule has 0 aromatic heterocycles.